The molecule has 1 aromatic rings. The van der Waals surface area contributed by atoms with Crippen LogP contribution < -0.4 is 4.74 Å². The quantitative estimate of drug-likeness (QED) is 0.365. The molecule has 0 heterocycles. The maximum atomic E-state index is 11.3. The predicted octanol–water partition coefficient (Wildman–Crippen LogP) is 2.53. The normalized spacial score (nSPS) is 10.0. The fourth-order valence-electron chi connectivity index (χ4n) is 1.34. The molecule has 0 aliphatic rings. The zero-order valence-electron chi connectivity index (χ0n) is 9.99. The van der Waals surface area contributed by atoms with Crippen LogP contribution in [-0.4, -0.2) is 16.2 Å². The fraction of sp³-hybridized carbons (Fsp3) is 0.308. The lowest BCUT2D eigenvalue weighted by Crippen LogP contribution is -2.08. The van der Waals surface area contributed by atoms with Gasteiger partial charge in [-0.15, -0.1) is 0 Å². The highest BCUT2D eigenvalue weighted by Crippen LogP contribution is 2.38. The molecule has 0 saturated heterocycles. The van der Waals surface area contributed by atoms with E-state index in [1.807, 2.05) is 6.92 Å². The molecule has 0 bridgehead atoms. The molecule has 0 atom stereocenters. The summed E-state index contributed by atoms with van der Waals surface area (Å²) in [6.45, 7) is 6.90. The predicted molar refractivity (Wildman–Crippen MR) is 64.2 cm³/mol. The summed E-state index contributed by atoms with van der Waals surface area (Å²) in [6.07, 6.45) is 1.49. The van der Waals surface area contributed by atoms with Crippen LogP contribution in [0.25, 0.3) is 0 Å². The van der Waals surface area contributed by atoms with E-state index >= 15 is 0 Å². The Morgan fingerprint density at radius 2 is 2.00 bits per heavy atom. The van der Waals surface area contributed by atoms with Crippen LogP contribution in [0.2, 0.25) is 0 Å². The van der Waals surface area contributed by atoms with Gasteiger partial charge in [-0.05, 0) is 25.0 Å². The van der Waals surface area contributed by atoms with Gasteiger partial charge in [0.2, 0.25) is 5.75 Å². The van der Waals surface area contributed by atoms with Crippen LogP contribution in [0.15, 0.2) is 24.3 Å². The highest BCUT2D eigenvalue weighted by Gasteiger charge is 2.15. The van der Waals surface area contributed by atoms with E-state index in [9.17, 15) is 15.0 Å². The summed E-state index contributed by atoms with van der Waals surface area (Å²) >= 11 is 0. The molecule has 2 N–H and O–H groups in total. The number of phenols is 2. The number of aromatic hydroxyl groups is 2. The molecular weight excluding hydrogens is 220 g/mol. The lowest BCUT2D eigenvalue weighted by molar-refractivity contribution is -0.130. The van der Waals surface area contributed by atoms with Gasteiger partial charge in [0.25, 0.3) is 0 Å². The summed E-state index contributed by atoms with van der Waals surface area (Å²) in [5, 5.41) is 19.4. The van der Waals surface area contributed by atoms with Crippen molar-refractivity contribution in [3.05, 3.63) is 29.8 Å². The first kappa shape index (κ1) is 13.1. The first-order valence-corrected chi connectivity index (χ1v) is 5.38. The van der Waals surface area contributed by atoms with Gasteiger partial charge < -0.3 is 14.9 Å². The van der Waals surface area contributed by atoms with Crippen molar-refractivity contribution in [2.75, 3.05) is 0 Å². The van der Waals surface area contributed by atoms with Gasteiger partial charge in [0.1, 0.15) is 0 Å². The van der Waals surface area contributed by atoms with Crippen molar-refractivity contribution < 1.29 is 19.7 Å². The molecule has 0 spiro atoms. The van der Waals surface area contributed by atoms with Crippen molar-refractivity contribution in [3.8, 4) is 17.2 Å². The van der Waals surface area contributed by atoms with E-state index in [0.717, 1.165) is 6.42 Å². The average Bonchev–Trinajstić information content (AvgIpc) is 2.28. The van der Waals surface area contributed by atoms with E-state index in [0.29, 0.717) is 12.0 Å². The zero-order valence-corrected chi connectivity index (χ0v) is 9.99. The molecule has 0 fully saturated rings. The Balaban J connectivity index is 3.00. The summed E-state index contributed by atoms with van der Waals surface area (Å²) in [6, 6.07) is 3.08. The van der Waals surface area contributed by atoms with Crippen LogP contribution in [0.4, 0.5) is 0 Å². The summed E-state index contributed by atoms with van der Waals surface area (Å²) in [7, 11) is 0. The van der Waals surface area contributed by atoms with E-state index in [2.05, 4.69) is 6.58 Å². The van der Waals surface area contributed by atoms with Gasteiger partial charge in [-0.25, -0.2) is 4.79 Å². The Kier molecular flexibility index (Phi) is 4.15. The Labute approximate surface area is 100 Å². The Morgan fingerprint density at radius 1 is 1.35 bits per heavy atom. The minimum Gasteiger partial charge on any atom is -0.504 e. The Morgan fingerprint density at radius 3 is 2.53 bits per heavy atom. The molecule has 0 aromatic heterocycles. The highest BCUT2D eigenvalue weighted by atomic mass is 16.5. The van der Waals surface area contributed by atoms with E-state index in [1.165, 1.54) is 13.0 Å². The molecule has 4 heteroatoms. The molecule has 0 aliphatic carbocycles. The molecule has 0 radical (unpaired) electrons. The lowest BCUT2D eigenvalue weighted by Gasteiger charge is -2.10. The van der Waals surface area contributed by atoms with Gasteiger partial charge >= 0.3 is 5.97 Å². The third-order valence-electron chi connectivity index (χ3n) is 2.27. The van der Waals surface area contributed by atoms with Crippen LogP contribution in [0.5, 0.6) is 17.2 Å². The van der Waals surface area contributed by atoms with Crippen molar-refractivity contribution in [1.82, 2.24) is 0 Å². The zero-order chi connectivity index (χ0) is 13.0. The van der Waals surface area contributed by atoms with Gasteiger partial charge in [0.15, 0.2) is 11.5 Å². The largest absolute Gasteiger partial charge is 0.504 e. The Bertz CT molecular complexity index is 449. The van der Waals surface area contributed by atoms with Crippen molar-refractivity contribution in [1.29, 1.82) is 0 Å². The standard InChI is InChI=1S/C13H16O4/c1-4-5-9-6-7-10(12(15)11(9)14)17-13(16)8(2)3/h6-7,14-15H,2,4-5H2,1,3H3. The topological polar surface area (TPSA) is 66.8 Å². The third kappa shape index (κ3) is 3.00. The Hall–Kier alpha value is -1.97. The number of carbonyl (C=O) groups is 1. The molecule has 0 aliphatic heterocycles. The second-order valence-corrected chi connectivity index (χ2v) is 3.84. The van der Waals surface area contributed by atoms with Crippen molar-refractivity contribution >= 4 is 5.97 Å². The lowest BCUT2D eigenvalue weighted by atomic mass is 10.1. The second kappa shape index (κ2) is 5.39. The highest BCUT2D eigenvalue weighted by molar-refractivity contribution is 5.89. The van der Waals surface area contributed by atoms with Gasteiger partial charge in [-0.3, -0.25) is 0 Å². The summed E-state index contributed by atoms with van der Waals surface area (Å²) < 4.78 is 4.87. The van der Waals surface area contributed by atoms with Crippen LogP contribution in [0.1, 0.15) is 25.8 Å². The van der Waals surface area contributed by atoms with E-state index in [1.54, 1.807) is 6.07 Å². The number of hydrogen-bond donors (Lipinski definition) is 2. The third-order valence-corrected chi connectivity index (χ3v) is 2.27. The molecule has 1 rings (SSSR count). The van der Waals surface area contributed by atoms with Crippen LogP contribution in [-0.2, 0) is 11.2 Å². The molecule has 1 aromatic carbocycles. The van der Waals surface area contributed by atoms with Gasteiger partial charge in [-0.2, -0.15) is 0 Å². The van der Waals surface area contributed by atoms with Gasteiger partial charge in [0.05, 0.1) is 0 Å². The number of hydrogen-bond acceptors (Lipinski definition) is 4. The molecular formula is C13H16O4. The molecule has 17 heavy (non-hydrogen) atoms. The van der Waals surface area contributed by atoms with Gasteiger partial charge in [-0.1, -0.05) is 26.0 Å². The first-order valence-electron chi connectivity index (χ1n) is 5.38. The van der Waals surface area contributed by atoms with E-state index < -0.39 is 11.7 Å². The van der Waals surface area contributed by atoms with E-state index in [4.69, 9.17) is 4.74 Å². The number of carbonyl (C=O) groups excluding carboxylic acids is 1. The number of aryl methyl sites for hydroxylation is 1. The maximum absolute atomic E-state index is 11.3. The SMILES string of the molecule is C=C(C)C(=O)Oc1ccc(CCC)c(O)c1O. The summed E-state index contributed by atoms with van der Waals surface area (Å²) in [5.41, 5.74) is 0.849. The molecule has 0 saturated carbocycles. The smallest absolute Gasteiger partial charge is 0.338 e. The first-order chi connectivity index (χ1) is 7.97. The average molecular weight is 236 g/mol. The number of ether oxygens (including phenoxy) is 1. The monoisotopic (exact) mass is 236 g/mol. The number of phenolic OH excluding ortho intramolecular Hbond substituents is 2. The molecule has 92 valence electrons. The van der Waals surface area contributed by atoms with Crippen molar-refractivity contribution in [3.63, 3.8) is 0 Å². The minimum absolute atomic E-state index is 0.0599. The molecule has 0 unspecified atom stereocenters. The fourth-order valence-corrected chi connectivity index (χ4v) is 1.34. The van der Waals surface area contributed by atoms with Gasteiger partial charge in [0, 0.05) is 5.57 Å². The number of benzene rings is 1. The summed E-state index contributed by atoms with van der Waals surface area (Å²) in [4.78, 5) is 11.3. The second-order valence-electron chi connectivity index (χ2n) is 3.84. The van der Waals surface area contributed by atoms with Crippen LogP contribution in [0, 0.1) is 0 Å². The van der Waals surface area contributed by atoms with E-state index in [-0.39, 0.29) is 17.1 Å². The molecule has 4 nitrogen and oxygen atoms in total. The maximum Gasteiger partial charge on any atom is 0.338 e. The molecule has 0 amide bonds. The van der Waals surface area contributed by atoms with Crippen molar-refractivity contribution in [2.24, 2.45) is 0 Å². The minimum atomic E-state index is -0.636. The number of rotatable bonds is 4. The van der Waals surface area contributed by atoms with Crippen molar-refractivity contribution in [2.45, 2.75) is 26.7 Å². The van der Waals surface area contributed by atoms with Crippen LogP contribution >= 0.6 is 0 Å². The summed E-state index contributed by atoms with van der Waals surface area (Å²) in [5.74, 6) is -1.34. The number of esters is 1. The van der Waals surface area contributed by atoms with Crippen LogP contribution in [0.3, 0.4) is 0 Å².